The van der Waals surface area contributed by atoms with Crippen molar-refractivity contribution in [2.45, 2.75) is 19.3 Å². The molecule has 0 aromatic carbocycles. The number of nitrogens with one attached hydrogen (secondary N) is 2. The molecule has 2 N–H and O–H groups in total. The van der Waals surface area contributed by atoms with E-state index < -0.39 is 10.0 Å². The second-order valence-electron chi connectivity index (χ2n) is 4.36. The third-order valence-electron chi connectivity index (χ3n) is 2.83. The van der Waals surface area contributed by atoms with Gasteiger partial charge in [-0.05, 0) is 31.7 Å². The van der Waals surface area contributed by atoms with Crippen LogP contribution in [-0.4, -0.2) is 33.8 Å². The van der Waals surface area contributed by atoms with E-state index in [1.54, 1.807) is 0 Å². The van der Waals surface area contributed by atoms with Crippen LogP contribution in [0.3, 0.4) is 0 Å². The quantitative estimate of drug-likeness (QED) is 0.719. The summed E-state index contributed by atoms with van der Waals surface area (Å²) < 4.78 is 25.8. The second kappa shape index (κ2) is 6.00. The Morgan fingerprint density at radius 1 is 1.44 bits per heavy atom. The van der Waals surface area contributed by atoms with E-state index in [9.17, 15) is 8.42 Å². The van der Waals surface area contributed by atoms with Gasteiger partial charge in [0.1, 0.15) is 0 Å². The van der Waals surface area contributed by atoms with Crippen LogP contribution in [0.2, 0.25) is 0 Å². The van der Waals surface area contributed by atoms with E-state index in [1.165, 1.54) is 5.57 Å². The van der Waals surface area contributed by atoms with Crippen LogP contribution in [0.25, 0.3) is 0 Å². The van der Waals surface area contributed by atoms with Crippen molar-refractivity contribution in [3.8, 4) is 0 Å². The lowest BCUT2D eigenvalue weighted by molar-refractivity contribution is 0.578. The van der Waals surface area contributed by atoms with Crippen molar-refractivity contribution in [2.24, 2.45) is 5.92 Å². The molecule has 1 fully saturated rings. The molecule has 1 aliphatic heterocycles. The monoisotopic (exact) mass is 266 g/mol. The van der Waals surface area contributed by atoms with Crippen molar-refractivity contribution in [3.63, 3.8) is 0 Å². The Morgan fingerprint density at radius 3 is 2.75 bits per heavy atom. The number of halogens is 1. The largest absolute Gasteiger partial charge is 0.313 e. The van der Waals surface area contributed by atoms with Crippen molar-refractivity contribution >= 4 is 22.4 Å². The topological polar surface area (TPSA) is 58.2 Å². The molecule has 0 amide bonds. The van der Waals surface area contributed by atoms with Gasteiger partial charge in [0.05, 0.1) is 5.75 Å². The molecule has 0 saturated heterocycles. The first kappa shape index (κ1) is 14.0. The number of hydrogen-bond donors (Lipinski definition) is 2. The normalized spacial score (nSPS) is 21.1. The Balaban J connectivity index is 0.00000128. The third-order valence-corrected chi connectivity index (χ3v) is 4.32. The zero-order valence-corrected chi connectivity index (χ0v) is 10.9. The molecule has 16 heavy (non-hydrogen) atoms. The first-order valence-corrected chi connectivity index (χ1v) is 7.17. The molecule has 2 rings (SSSR count). The minimum Gasteiger partial charge on any atom is -0.313 e. The first-order chi connectivity index (χ1) is 7.16. The molecule has 2 aliphatic rings. The molecule has 4 nitrogen and oxygen atoms in total. The molecule has 1 aliphatic carbocycles. The van der Waals surface area contributed by atoms with Crippen molar-refractivity contribution in [1.82, 2.24) is 10.0 Å². The predicted molar refractivity (Wildman–Crippen MR) is 67.3 cm³/mol. The summed E-state index contributed by atoms with van der Waals surface area (Å²) in [5.41, 5.74) is 1.20. The molecule has 0 unspecified atom stereocenters. The van der Waals surface area contributed by atoms with Gasteiger partial charge >= 0.3 is 0 Å². The maximum absolute atomic E-state index is 11.6. The molecule has 0 spiro atoms. The minimum absolute atomic E-state index is 0. The summed E-state index contributed by atoms with van der Waals surface area (Å²) in [5.74, 6) is 0.739. The summed E-state index contributed by atoms with van der Waals surface area (Å²) in [4.78, 5) is 0. The molecule has 6 heteroatoms. The fourth-order valence-electron chi connectivity index (χ4n) is 1.69. The van der Waals surface area contributed by atoms with Crippen molar-refractivity contribution in [2.75, 3.05) is 25.4 Å². The third kappa shape index (κ3) is 4.82. The van der Waals surface area contributed by atoms with E-state index in [1.807, 2.05) is 0 Å². The van der Waals surface area contributed by atoms with Crippen LogP contribution in [0.1, 0.15) is 19.3 Å². The van der Waals surface area contributed by atoms with Crippen LogP contribution < -0.4 is 10.0 Å². The van der Waals surface area contributed by atoms with Gasteiger partial charge in [-0.25, -0.2) is 13.1 Å². The summed E-state index contributed by atoms with van der Waals surface area (Å²) >= 11 is 0. The van der Waals surface area contributed by atoms with E-state index in [0.29, 0.717) is 18.2 Å². The maximum Gasteiger partial charge on any atom is 0.212 e. The second-order valence-corrected chi connectivity index (χ2v) is 6.21. The molecule has 0 bridgehead atoms. The predicted octanol–water partition coefficient (Wildman–Crippen LogP) is 0.657. The van der Waals surface area contributed by atoms with E-state index in [2.05, 4.69) is 16.1 Å². The van der Waals surface area contributed by atoms with Gasteiger partial charge in [0.15, 0.2) is 0 Å². The van der Waals surface area contributed by atoms with Crippen LogP contribution >= 0.6 is 12.4 Å². The fourth-order valence-corrected chi connectivity index (χ4v) is 3.16. The standard InChI is InChI=1S/C10H18N2O2S.ClH/c13-15(14,8-10-1-2-10)12-7-9-3-5-11-6-4-9;/h3,10-12H,1-2,4-8H2;1H. The molecular formula is C10H19ClN2O2S. The zero-order chi connectivity index (χ0) is 10.7. The summed E-state index contributed by atoms with van der Waals surface area (Å²) in [7, 11) is -3.03. The molecule has 1 heterocycles. The molecule has 94 valence electrons. The van der Waals surface area contributed by atoms with Gasteiger partial charge in [0.25, 0.3) is 0 Å². The van der Waals surface area contributed by atoms with Crippen LogP contribution in [0.5, 0.6) is 0 Å². The fraction of sp³-hybridized carbons (Fsp3) is 0.800. The van der Waals surface area contributed by atoms with E-state index >= 15 is 0 Å². The Hall–Kier alpha value is -0.100. The van der Waals surface area contributed by atoms with Gasteiger partial charge in [0, 0.05) is 13.1 Å². The molecule has 0 atom stereocenters. The lowest BCUT2D eigenvalue weighted by atomic mass is 10.1. The highest BCUT2D eigenvalue weighted by Crippen LogP contribution is 2.29. The molecule has 0 aromatic heterocycles. The van der Waals surface area contributed by atoms with Gasteiger partial charge in [-0.3, -0.25) is 0 Å². The van der Waals surface area contributed by atoms with Gasteiger partial charge in [-0.2, -0.15) is 0 Å². The Bertz CT molecular complexity index is 350. The van der Waals surface area contributed by atoms with Crippen LogP contribution in [0.4, 0.5) is 0 Å². The highest BCUT2D eigenvalue weighted by molar-refractivity contribution is 7.89. The SMILES string of the molecule is Cl.O=S(=O)(CC1CC1)NCC1=CCNCC1. The number of hydrogen-bond acceptors (Lipinski definition) is 3. The number of rotatable bonds is 5. The Labute approximate surface area is 103 Å². The van der Waals surface area contributed by atoms with Crippen molar-refractivity contribution in [1.29, 1.82) is 0 Å². The smallest absolute Gasteiger partial charge is 0.212 e. The van der Waals surface area contributed by atoms with Gasteiger partial charge in [-0.15, -0.1) is 12.4 Å². The van der Waals surface area contributed by atoms with E-state index in [-0.39, 0.29) is 12.4 Å². The summed E-state index contributed by atoms with van der Waals surface area (Å²) in [5, 5.41) is 3.20. The van der Waals surface area contributed by atoms with Crippen molar-refractivity contribution < 1.29 is 8.42 Å². The molecule has 0 aromatic rings. The first-order valence-electron chi connectivity index (χ1n) is 5.52. The average molecular weight is 267 g/mol. The number of sulfonamides is 1. The summed E-state index contributed by atoms with van der Waals surface area (Å²) in [6.45, 7) is 2.31. The van der Waals surface area contributed by atoms with Crippen LogP contribution in [-0.2, 0) is 10.0 Å². The molecular weight excluding hydrogens is 248 g/mol. The Morgan fingerprint density at radius 2 is 2.19 bits per heavy atom. The summed E-state index contributed by atoms with van der Waals surface area (Å²) in [6, 6.07) is 0. The Kier molecular flexibility index (Phi) is 5.24. The summed E-state index contributed by atoms with van der Waals surface area (Å²) in [6.07, 6.45) is 5.18. The minimum atomic E-state index is -3.03. The lowest BCUT2D eigenvalue weighted by Crippen LogP contribution is -2.31. The van der Waals surface area contributed by atoms with E-state index in [4.69, 9.17) is 0 Å². The molecule has 1 saturated carbocycles. The van der Waals surface area contributed by atoms with Gasteiger partial charge in [-0.1, -0.05) is 11.6 Å². The maximum atomic E-state index is 11.6. The van der Waals surface area contributed by atoms with E-state index in [0.717, 1.165) is 32.4 Å². The lowest BCUT2D eigenvalue weighted by Gasteiger charge is -2.14. The highest BCUT2D eigenvalue weighted by atomic mass is 35.5. The van der Waals surface area contributed by atoms with Gasteiger partial charge < -0.3 is 5.32 Å². The van der Waals surface area contributed by atoms with Crippen molar-refractivity contribution in [3.05, 3.63) is 11.6 Å². The average Bonchev–Trinajstić information content (AvgIpc) is 3.00. The highest BCUT2D eigenvalue weighted by Gasteiger charge is 2.27. The van der Waals surface area contributed by atoms with Crippen LogP contribution in [0, 0.1) is 5.92 Å². The van der Waals surface area contributed by atoms with Gasteiger partial charge in [0.2, 0.25) is 10.0 Å². The zero-order valence-electron chi connectivity index (χ0n) is 9.24. The van der Waals surface area contributed by atoms with Crippen LogP contribution in [0.15, 0.2) is 11.6 Å². The molecule has 0 radical (unpaired) electrons.